The van der Waals surface area contributed by atoms with Crippen molar-refractivity contribution in [2.75, 3.05) is 13.6 Å². The third-order valence-corrected chi connectivity index (χ3v) is 3.10. The highest BCUT2D eigenvalue weighted by Gasteiger charge is 2.18. The van der Waals surface area contributed by atoms with Gasteiger partial charge in [0.25, 0.3) is 0 Å². The van der Waals surface area contributed by atoms with Gasteiger partial charge in [0.15, 0.2) is 0 Å². The van der Waals surface area contributed by atoms with Crippen molar-refractivity contribution in [3.05, 3.63) is 17.5 Å². The smallest absolute Gasteiger partial charge is 0.222 e. The molecule has 0 aromatic carbocycles. The molecule has 2 N–H and O–H groups in total. The third kappa shape index (κ3) is 5.42. The molecular formula is C14H25N3O2. The van der Waals surface area contributed by atoms with Gasteiger partial charge in [0.1, 0.15) is 11.5 Å². The summed E-state index contributed by atoms with van der Waals surface area (Å²) in [5.41, 5.74) is 6.51. The molecule has 0 aliphatic heterocycles. The van der Waals surface area contributed by atoms with Crippen molar-refractivity contribution in [2.45, 2.75) is 40.2 Å². The number of carbonyl (C=O) groups excluding carboxylic acids is 1. The summed E-state index contributed by atoms with van der Waals surface area (Å²) in [4.78, 5) is 13.8. The van der Waals surface area contributed by atoms with Crippen LogP contribution in [0.4, 0.5) is 0 Å². The van der Waals surface area contributed by atoms with Crippen LogP contribution in [-0.4, -0.2) is 29.6 Å². The number of nitrogens with zero attached hydrogens (tertiary/aromatic N) is 2. The second kappa shape index (κ2) is 7.28. The van der Waals surface area contributed by atoms with Gasteiger partial charge < -0.3 is 15.2 Å². The average Bonchev–Trinajstić information content (AvgIpc) is 2.73. The highest BCUT2D eigenvalue weighted by Crippen LogP contribution is 2.16. The van der Waals surface area contributed by atoms with Gasteiger partial charge in [-0.2, -0.15) is 0 Å². The minimum absolute atomic E-state index is 0.108. The van der Waals surface area contributed by atoms with E-state index in [1.807, 2.05) is 13.0 Å². The molecule has 1 rings (SSSR count). The molecule has 0 fully saturated rings. The van der Waals surface area contributed by atoms with Crippen LogP contribution in [0.1, 0.15) is 38.1 Å². The molecule has 1 atom stereocenters. The first-order valence-corrected chi connectivity index (χ1v) is 6.78. The standard InChI is InChI=1S/C14H25N3O2/c1-10(2)5-12(8-15)7-14(18)17(4)9-13-6-11(3)19-16-13/h6,10,12H,5,7-9,15H2,1-4H3/t12-/m0/s1. The van der Waals surface area contributed by atoms with Crippen LogP contribution < -0.4 is 5.73 Å². The molecule has 1 aromatic heterocycles. The average molecular weight is 267 g/mol. The van der Waals surface area contributed by atoms with Crippen LogP contribution in [0.15, 0.2) is 10.6 Å². The number of hydrogen-bond acceptors (Lipinski definition) is 4. The zero-order valence-electron chi connectivity index (χ0n) is 12.3. The van der Waals surface area contributed by atoms with Crippen LogP contribution in [0.2, 0.25) is 0 Å². The Bertz CT molecular complexity index is 401. The molecule has 5 nitrogen and oxygen atoms in total. The summed E-state index contributed by atoms with van der Waals surface area (Å²) >= 11 is 0. The molecule has 1 amide bonds. The van der Waals surface area contributed by atoms with E-state index in [2.05, 4.69) is 19.0 Å². The molecular weight excluding hydrogens is 242 g/mol. The Labute approximate surface area is 115 Å². The fraction of sp³-hybridized carbons (Fsp3) is 0.714. The fourth-order valence-electron chi connectivity index (χ4n) is 2.16. The molecule has 1 aromatic rings. The van der Waals surface area contributed by atoms with Gasteiger partial charge in [0, 0.05) is 19.5 Å². The van der Waals surface area contributed by atoms with Crippen molar-refractivity contribution >= 4 is 5.91 Å². The van der Waals surface area contributed by atoms with Gasteiger partial charge in [-0.1, -0.05) is 19.0 Å². The monoisotopic (exact) mass is 267 g/mol. The van der Waals surface area contributed by atoms with Gasteiger partial charge in [-0.05, 0) is 31.7 Å². The minimum atomic E-state index is 0.108. The second-order valence-corrected chi connectivity index (χ2v) is 5.61. The first kappa shape index (κ1) is 15.7. The quantitative estimate of drug-likeness (QED) is 0.819. The van der Waals surface area contributed by atoms with E-state index in [4.69, 9.17) is 10.3 Å². The maximum atomic E-state index is 12.1. The van der Waals surface area contributed by atoms with E-state index in [1.54, 1.807) is 11.9 Å². The molecule has 0 saturated heterocycles. The van der Waals surface area contributed by atoms with Crippen LogP contribution in [0, 0.1) is 18.8 Å². The summed E-state index contributed by atoms with van der Waals surface area (Å²) in [5.74, 6) is 1.69. The molecule has 5 heteroatoms. The lowest BCUT2D eigenvalue weighted by atomic mass is 9.94. The van der Waals surface area contributed by atoms with E-state index >= 15 is 0 Å². The number of hydrogen-bond donors (Lipinski definition) is 1. The third-order valence-electron chi connectivity index (χ3n) is 3.10. The van der Waals surface area contributed by atoms with Crippen molar-refractivity contribution < 1.29 is 9.32 Å². The van der Waals surface area contributed by atoms with E-state index in [0.29, 0.717) is 25.4 Å². The van der Waals surface area contributed by atoms with Crippen LogP contribution in [0.25, 0.3) is 0 Å². The van der Waals surface area contributed by atoms with Gasteiger partial charge in [-0.15, -0.1) is 0 Å². The number of carbonyl (C=O) groups is 1. The van der Waals surface area contributed by atoms with E-state index in [1.165, 1.54) is 0 Å². The number of amides is 1. The summed E-state index contributed by atoms with van der Waals surface area (Å²) in [6, 6.07) is 1.85. The Morgan fingerprint density at radius 1 is 1.53 bits per heavy atom. The predicted octanol–water partition coefficient (Wildman–Crippen LogP) is 1.95. The Kier molecular flexibility index (Phi) is 6.02. The van der Waals surface area contributed by atoms with Crippen molar-refractivity contribution in [3.8, 4) is 0 Å². The van der Waals surface area contributed by atoms with Crippen LogP contribution in [-0.2, 0) is 11.3 Å². The first-order chi connectivity index (χ1) is 8.92. The Morgan fingerprint density at radius 2 is 2.21 bits per heavy atom. The molecule has 0 spiro atoms. The Balaban J connectivity index is 2.47. The largest absolute Gasteiger partial charge is 0.361 e. The summed E-state index contributed by atoms with van der Waals surface area (Å²) in [6.45, 7) is 7.17. The molecule has 108 valence electrons. The zero-order chi connectivity index (χ0) is 14.4. The van der Waals surface area contributed by atoms with Gasteiger partial charge >= 0.3 is 0 Å². The Morgan fingerprint density at radius 3 is 2.68 bits per heavy atom. The first-order valence-electron chi connectivity index (χ1n) is 6.78. The lowest BCUT2D eigenvalue weighted by molar-refractivity contribution is -0.131. The Hall–Kier alpha value is -1.36. The summed E-state index contributed by atoms with van der Waals surface area (Å²) < 4.78 is 4.99. The highest BCUT2D eigenvalue weighted by molar-refractivity contribution is 5.76. The summed E-state index contributed by atoms with van der Waals surface area (Å²) in [5, 5.41) is 3.89. The summed E-state index contributed by atoms with van der Waals surface area (Å²) in [7, 11) is 1.79. The zero-order valence-corrected chi connectivity index (χ0v) is 12.3. The topological polar surface area (TPSA) is 72.4 Å². The van der Waals surface area contributed by atoms with E-state index in [-0.39, 0.29) is 11.8 Å². The van der Waals surface area contributed by atoms with Crippen LogP contribution in [0.3, 0.4) is 0 Å². The molecule has 0 unspecified atom stereocenters. The second-order valence-electron chi connectivity index (χ2n) is 5.61. The molecule has 0 saturated carbocycles. The summed E-state index contributed by atoms with van der Waals surface area (Å²) in [6.07, 6.45) is 1.49. The molecule has 0 bridgehead atoms. The van der Waals surface area contributed by atoms with Gasteiger partial charge in [0.2, 0.25) is 5.91 Å². The lowest BCUT2D eigenvalue weighted by Gasteiger charge is -2.21. The van der Waals surface area contributed by atoms with Gasteiger partial charge in [-0.3, -0.25) is 4.79 Å². The number of aryl methyl sites for hydroxylation is 1. The molecule has 19 heavy (non-hydrogen) atoms. The van der Waals surface area contributed by atoms with E-state index < -0.39 is 0 Å². The highest BCUT2D eigenvalue weighted by atomic mass is 16.5. The molecule has 1 heterocycles. The van der Waals surface area contributed by atoms with Gasteiger partial charge in [-0.25, -0.2) is 0 Å². The number of nitrogens with two attached hydrogens (primary N) is 1. The van der Waals surface area contributed by atoms with Crippen molar-refractivity contribution in [3.63, 3.8) is 0 Å². The van der Waals surface area contributed by atoms with E-state index in [9.17, 15) is 4.79 Å². The van der Waals surface area contributed by atoms with Crippen LogP contribution >= 0.6 is 0 Å². The lowest BCUT2D eigenvalue weighted by Crippen LogP contribution is -2.30. The van der Waals surface area contributed by atoms with Gasteiger partial charge in [0.05, 0.1) is 6.54 Å². The number of aromatic nitrogens is 1. The normalized spacial score (nSPS) is 12.7. The SMILES string of the molecule is Cc1cc(CN(C)C(=O)C[C@@H](CN)CC(C)C)no1. The minimum Gasteiger partial charge on any atom is -0.361 e. The maximum Gasteiger partial charge on any atom is 0.222 e. The molecule has 0 aliphatic rings. The maximum absolute atomic E-state index is 12.1. The molecule has 0 radical (unpaired) electrons. The number of rotatable bonds is 7. The van der Waals surface area contributed by atoms with Crippen LogP contribution in [0.5, 0.6) is 0 Å². The fourth-order valence-corrected chi connectivity index (χ4v) is 2.16. The van der Waals surface area contributed by atoms with Crippen molar-refractivity contribution in [1.82, 2.24) is 10.1 Å². The molecule has 0 aliphatic carbocycles. The van der Waals surface area contributed by atoms with E-state index in [0.717, 1.165) is 17.9 Å². The predicted molar refractivity (Wildman–Crippen MR) is 74.3 cm³/mol. The van der Waals surface area contributed by atoms with Crippen molar-refractivity contribution in [2.24, 2.45) is 17.6 Å². The van der Waals surface area contributed by atoms with Crippen molar-refractivity contribution in [1.29, 1.82) is 0 Å².